The summed E-state index contributed by atoms with van der Waals surface area (Å²) in [6.07, 6.45) is 1.90. The van der Waals surface area contributed by atoms with Crippen molar-refractivity contribution in [1.29, 1.82) is 0 Å². The number of hydrogen-bond donors (Lipinski definition) is 0. The van der Waals surface area contributed by atoms with Gasteiger partial charge in [-0.1, -0.05) is 95.8 Å². The fraction of sp³-hybridized carbons (Fsp3) is 0.0741. The Morgan fingerprint density at radius 1 is 0.875 bits per heavy atom. The molecule has 0 saturated carbocycles. The van der Waals surface area contributed by atoms with Crippen LogP contribution in [0.1, 0.15) is 38.7 Å². The van der Waals surface area contributed by atoms with Crippen molar-refractivity contribution in [3.05, 3.63) is 132 Å². The van der Waals surface area contributed by atoms with Crippen LogP contribution in [-0.2, 0) is 0 Å². The van der Waals surface area contributed by atoms with Gasteiger partial charge in [-0.25, -0.2) is 4.99 Å². The molecule has 4 aromatic rings. The zero-order valence-electron chi connectivity index (χ0n) is 17.3. The van der Waals surface area contributed by atoms with Crippen LogP contribution in [0.3, 0.4) is 0 Å². The van der Waals surface area contributed by atoms with Crippen LogP contribution >= 0.6 is 11.3 Å². The smallest absolute Gasteiger partial charge is 0.271 e. The molecule has 1 aliphatic carbocycles. The zero-order valence-corrected chi connectivity index (χ0v) is 18.1. The lowest BCUT2D eigenvalue weighted by Crippen LogP contribution is -2.38. The molecule has 0 bridgehead atoms. The van der Waals surface area contributed by atoms with Gasteiger partial charge in [-0.3, -0.25) is 14.2 Å². The standard InChI is InChI=1S/C27H18N2O2S/c1-16-11-13-17(14-12-16)15-21-26(31)29-24(18-7-3-2-4-8-18)22-23(28-27(29)32-21)19-9-5-6-10-20(19)25(22)30/h2-15,24H,1H3/b21-15-. The molecule has 0 N–H and O–H groups in total. The van der Waals surface area contributed by atoms with E-state index in [4.69, 9.17) is 4.99 Å². The van der Waals surface area contributed by atoms with Gasteiger partial charge in [-0.2, -0.15) is 0 Å². The summed E-state index contributed by atoms with van der Waals surface area (Å²) in [5, 5.41) is 0. The number of thiazole rings is 1. The van der Waals surface area contributed by atoms with Gasteiger partial charge < -0.3 is 0 Å². The molecule has 6 rings (SSSR count). The first-order valence-corrected chi connectivity index (χ1v) is 11.2. The van der Waals surface area contributed by atoms with Gasteiger partial charge in [0.2, 0.25) is 0 Å². The molecule has 2 aliphatic rings. The number of carbonyl (C=O) groups excluding carboxylic acids is 1. The van der Waals surface area contributed by atoms with Crippen LogP contribution in [0.5, 0.6) is 0 Å². The number of nitrogens with zero attached hydrogens (tertiary/aromatic N) is 2. The van der Waals surface area contributed by atoms with Gasteiger partial charge in [-0.15, -0.1) is 0 Å². The lowest BCUT2D eigenvalue weighted by atomic mass is 9.94. The number of fused-ring (bicyclic) bond motifs is 3. The number of hydrogen-bond acceptors (Lipinski definition) is 4. The fourth-order valence-corrected chi connectivity index (χ4v) is 5.44. The first kappa shape index (κ1) is 18.9. The van der Waals surface area contributed by atoms with E-state index in [1.807, 2.05) is 91.9 Å². The highest BCUT2D eigenvalue weighted by molar-refractivity contribution is 7.07. The molecule has 1 aromatic heterocycles. The molecule has 0 saturated heterocycles. The topological polar surface area (TPSA) is 51.4 Å². The summed E-state index contributed by atoms with van der Waals surface area (Å²) in [5.74, 6) is -0.0546. The fourth-order valence-electron chi connectivity index (χ4n) is 4.44. The Labute approximate surface area is 188 Å². The van der Waals surface area contributed by atoms with Crippen molar-refractivity contribution in [1.82, 2.24) is 4.57 Å². The summed E-state index contributed by atoms with van der Waals surface area (Å²) in [6, 6.07) is 24.8. The molecule has 1 unspecified atom stereocenters. The molecule has 1 aliphatic heterocycles. The van der Waals surface area contributed by atoms with Gasteiger partial charge in [0.05, 0.1) is 21.8 Å². The van der Waals surface area contributed by atoms with E-state index in [0.29, 0.717) is 26.2 Å². The van der Waals surface area contributed by atoms with Crippen molar-refractivity contribution in [3.63, 3.8) is 0 Å². The second-order valence-corrected chi connectivity index (χ2v) is 9.05. The lowest BCUT2D eigenvalue weighted by molar-refractivity contribution is 0.102. The Morgan fingerprint density at radius 2 is 1.56 bits per heavy atom. The molecule has 5 heteroatoms. The highest BCUT2D eigenvalue weighted by atomic mass is 32.1. The molecule has 32 heavy (non-hydrogen) atoms. The third-order valence-electron chi connectivity index (χ3n) is 5.99. The number of rotatable bonds is 2. The molecule has 0 amide bonds. The van der Waals surface area contributed by atoms with Crippen LogP contribution < -0.4 is 14.9 Å². The third kappa shape index (κ3) is 2.78. The highest BCUT2D eigenvalue weighted by Crippen LogP contribution is 2.42. The molecule has 4 nitrogen and oxygen atoms in total. The summed E-state index contributed by atoms with van der Waals surface area (Å²) in [6.45, 7) is 2.04. The van der Waals surface area contributed by atoms with Gasteiger partial charge in [0, 0.05) is 11.1 Å². The molecule has 0 spiro atoms. The Balaban J connectivity index is 1.64. The second kappa shape index (κ2) is 7.11. The van der Waals surface area contributed by atoms with Gasteiger partial charge in [0.1, 0.15) is 0 Å². The number of aromatic nitrogens is 1. The quantitative estimate of drug-likeness (QED) is 0.481. The first-order valence-electron chi connectivity index (χ1n) is 10.4. The maximum absolute atomic E-state index is 13.6. The van der Waals surface area contributed by atoms with E-state index in [-0.39, 0.29) is 11.3 Å². The van der Waals surface area contributed by atoms with E-state index in [1.54, 1.807) is 4.57 Å². The Bertz CT molecular complexity index is 1610. The monoisotopic (exact) mass is 434 g/mol. The lowest BCUT2D eigenvalue weighted by Gasteiger charge is -2.22. The van der Waals surface area contributed by atoms with Crippen LogP contribution in [0.25, 0.3) is 11.8 Å². The number of allylic oxidation sites excluding steroid dienone is 1. The number of Topliss-reactive ketones (excluding diaryl/α,β-unsaturated/α-hetero) is 1. The minimum atomic E-state index is -0.498. The van der Waals surface area contributed by atoms with Crippen molar-refractivity contribution in [2.24, 2.45) is 4.99 Å². The number of carbonyl (C=O) groups is 1. The van der Waals surface area contributed by atoms with Crippen LogP contribution in [0.2, 0.25) is 0 Å². The van der Waals surface area contributed by atoms with Crippen LogP contribution in [0.15, 0.2) is 94.2 Å². The minimum absolute atomic E-state index is 0.0546. The Morgan fingerprint density at radius 3 is 2.31 bits per heavy atom. The van der Waals surface area contributed by atoms with E-state index in [2.05, 4.69) is 0 Å². The van der Waals surface area contributed by atoms with Crippen molar-refractivity contribution >= 4 is 28.9 Å². The predicted octanol–water partition coefficient (Wildman–Crippen LogP) is 3.88. The molecule has 154 valence electrons. The molecular formula is C27H18N2O2S. The summed E-state index contributed by atoms with van der Waals surface area (Å²) >= 11 is 1.37. The van der Waals surface area contributed by atoms with Gasteiger partial charge in [-0.05, 0) is 24.1 Å². The van der Waals surface area contributed by atoms with Crippen molar-refractivity contribution in [2.75, 3.05) is 0 Å². The van der Waals surface area contributed by atoms with Crippen molar-refractivity contribution in [2.45, 2.75) is 13.0 Å². The summed E-state index contributed by atoms with van der Waals surface area (Å²) in [4.78, 5) is 32.5. The van der Waals surface area contributed by atoms with E-state index in [9.17, 15) is 9.59 Å². The van der Waals surface area contributed by atoms with Crippen LogP contribution in [0.4, 0.5) is 0 Å². The number of benzene rings is 3. The zero-order chi connectivity index (χ0) is 21.8. The largest absolute Gasteiger partial charge is 0.289 e. The first-order chi connectivity index (χ1) is 15.6. The van der Waals surface area contributed by atoms with E-state index in [0.717, 1.165) is 16.7 Å². The van der Waals surface area contributed by atoms with Crippen LogP contribution in [0, 0.1) is 6.92 Å². The molecule has 2 heterocycles. The summed E-state index contributed by atoms with van der Waals surface area (Å²) in [7, 11) is 0. The molecular weight excluding hydrogens is 416 g/mol. The van der Waals surface area contributed by atoms with Crippen LogP contribution in [-0.4, -0.2) is 10.4 Å². The van der Waals surface area contributed by atoms with E-state index >= 15 is 0 Å². The van der Waals surface area contributed by atoms with E-state index in [1.165, 1.54) is 16.9 Å². The SMILES string of the molecule is Cc1ccc(/C=c2\sc3n(c2=O)C(c2ccccc2)C2=C(N=3)c3ccccc3C2=O)cc1. The normalized spacial score (nSPS) is 17.1. The number of ketones is 1. The second-order valence-electron chi connectivity index (χ2n) is 8.04. The minimum Gasteiger partial charge on any atom is -0.289 e. The van der Waals surface area contributed by atoms with Gasteiger partial charge in [0.25, 0.3) is 5.56 Å². The maximum atomic E-state index is 13.6. The summed E-state index contributed by atoms with van der Waals surface area (Å²) in [5.41, 5.74) is 5.65. The third-order valence-corrected chi connectivity index (χ3v) is 6.98. The molecule has 0 radical (unpaired) electrons. The van der Waals surface area contributed by atoms with Crippen molar-refractivity contribution < 1.29 is 4.79 Å². The van der Waals surface area contributed by atoms with Gasteiger partial charge >= 0.3 is 0 Å². The van der Waals surface area contributed by atoms with Gasteiger partial charge in [0.15, 0.2) is 10.6 Å². The number of aryl methyl sites for hydroxylation is 1. The van der Waals surface area contributed by atoms with E-state index < -0.39 is 6.04 Å². The molecule has 1 atom stereocenters. The highest BCUT2D eigenvalue weighted by Gasteiger charge is 2.39. The Hall–Kier alpha value is -3.83. The van der Waals surface area contributed by atoms with Crippen molar-refractivity contribution in [3.8, 4) is 0 Å². The average Bonchev–Trinajstić information content (AvgIpc) is 3.29. The summed E-state index contributed by atoms with van der Waals surface area (Å²) < 4.78 is 2.29. The average molecular weight is 435 g/mol. The predicted molar refractivity (Wildman–Crippen MR) is 126 cm³/mol. The Kier molecular flexibility index (Phi) is 4.20. The maximum Gasteiger partial charge on any atom is 0.271 e. The molecule has 3 aromatic carbocycles. The molecule has 0 fully saturated rings.